The molecule has 0 saturated heterocycles. The minimum atomic E-state index is -3.69. The van der Waals surface area contributed by atoms with Crippen LogP contribution in [0.25, 0.3) is 10.8 Å². The maximum atomic E-state index is 12.4. The fourth-order valence-corrected chi connectivity index (χ4v) is 4.16. The predicted octanol–water partition coefficient (Wildman–Crippen LogP) is 3.44. The highest BCUT2D eigenvalue weighted by Crippen LogP contribution is 2.26. The van der Waals surface area contributed by atoms with E-state index in [0.29, 0.717) is 29.3 Å². The summed E-state index contributed by atoms with van der Waals surface area (Å²) >= 11 is 1.53. The molecular weight excluding hydrogens is 372 g/mol. The molecule has 1 N–H and O–H groups in total. The number of carbonyl (C=O) groups excluding carboxylic acids is 1. The molecule has 2 heterocycles. The second-order valence-electron chi connectivity index (χ2n) is 5.73. The lowest BCUT2D eigenvalue weighted by Crippen LogP contribution is -2.26. The van der Waals surface area contributed by atoms with Gasteiger partial charge in [-0.2, -0.15) is 0 Å². The maximum Gasteiger partial charge on any atom is 0.240 e. The van der Waals surface area contributed by atoms with Gasteiger partial charge >= 0.3 is 0 Å². The fourth-order valence-electron chi connectivity index (χ4n) is 2.43. The van der Waals surface area contributed by atoms with Crippen molar-refractivity contribution in [2.24, 2.45) is 0 Å². The SMILES string of the molecule is CC(=O)c1cccc(S(=O)(=O)NCCc2nc(-c3cccs3)oc2C)c1. The summed E-state index contributed by atoms with van der Waals surface area (Å²) in [5.41, 5.74) is 1.08. The summed E-state index contributed by atoms with van der Waals surface area (Å²) < 4.78 is 33.0. The van der Waals surface area contributed by atoms with Crippen LogP contribution < -0.4 is 4.72 Å². The Morgan fingerprint density at radius 1 is 1.27 bits per heavy atom. The third kappa shape index (κ3) is 4.09. The highest BCUT2D eigenvalue weighted by atomic mass is 32.2. The van der Waals surface area contributed by atoms with Crippen molar-refractivity contribution in [1.82, 2.24) is 9.71 Å². The molecule has 6 nitrogen and oxygen atoms in total. The van der Waals surface area contributed by atoms with E-state index in [1.54, 1.807) is 12.1 Å². The summed E-state index contributed by atoms with van der Waals surface area (Å²) in [6, 6.07) is 9.82. The van der Waals surface area contributed by atoms with E-state index in [2.05, 4.69) is 9.71 Å². The molecule has 0 bridgehead atoms. The van der Waals surface area contributed by atoms with Gasteiger partial charge in [0.05, 0.1) is 15.5 Å². The fraction of sp³-hybridized carbons (Fsp3) is 0.222. The molecule has 0 fully saturated rings. The van der Waals surface area contributed by atoms with Gasteiger partial charge in [0.2, 0.25) is 15.9 Å². The monoisotopic (exact) mass is 390 g/mol. The normalized spacial score (nSPS) is 11.6. The van der Waals surface area contributed by atoms with Crippen molar-refractivity contribution in [3.8, 4) is 10.8 Å². The van der Waals surface area contributed by atoms with Crippen molar-refractivity contribution >= 4 is 27.1 Å². The molecule has 2 aromatic heterocycles. The zero-order valence-corrected chi connectivity index (χ0v) is 16.0. The minimum absolute atomic E-state index is 0.0707. The second-order valence-corrected chi connectivity index (χ2v) is 8.45. The number of nitrogens with one attached hydrogen (secondary N) is 1. The molecule has 3 rings (SSSR count). The van der Waals surface area contributed by atoms with E-state index in [1.165, 1.54) is 30.4 Å². The number of aryl methyl sites for hydroxylation is 1. The zero-order valence-electron chi connectivity index (χ0n) is 14.4. The average molecular weight is 390 g/mol. The van der Waals surface area contributed by atoms with Crippen LogP contribution in [-0.2, 0) is 16.4 Å². The van der Waals surface area contributed by atoms with Gasteiger partial charge in [-0.25, -0.2) is 18.1 Å². The standard InChI is InChI=1S/C18H18N2O4S2/c1-12(21)14-5-3-6-15(11-14)26(22,23)19-9-8-16-13(2)24-18(20-16)17-7-4-10-25-17/h3-7,10-11,19H,8-9H2,1-2H3. The third-order valence-electron chi connectivity index (χ3n) is 3.83. The van der Waals surface area contributed by atoms with Crippen LogP contribution in [0.5, 0.6) is 0 Å². The number of oxazole rings is 1. The van der Waals surface area contributed by atoms with E-state index in [4.69, 9.17) is 4.42 Å². The molecule has 0 aliphatic carbocycles. The van der Waals surface area contributed by atoms with Crippen LogP contribution in [0.4, 0.5) is 0 Å². The van der Waals surface area contributed by atoms with Gasteiger partial charge in [0.25, 0.3) is 0 Å². The van der Waals surface area contributed by atoms with Crippen LogP contribution in [0, 0.1) is 6.92 Å². The molecule has 0 spiro atoms. The van der Waals surface area contributed by atoms with Gasteiger partial charge in [-0.1, -0.05) is 18.2 Å². The van der Waals surface area contributed by atoms with Crippen molar-refractivity contribution < 1.29 is 17.6 Å². The molecule has 0 amide bonds. The van der Waals surface area contributed by atoms with Gasteiger partial charge in [-0.3, -0.25) is 4.79 Å². The Balaban J connectivity index is 1.68. The van der Waals surface area contributed by atoms with Crippen LogP contribution >= 0.6 is 11.3 Å². The Kier molecular flexibility index (Phi) is 5.36. The zero-order chi connectivity index (χ0) is 18.7. The molecule has 0 atom stereocenters. The molecule has 0 aliphatic rings. The Hall–Kier alpha value is -2.29. The van der Waals surface area contributed by atoms with Crippen LogP contribution in [0.1, 0.15) is 28.7 Å². The number of nitrogens with zero attached hydrogens (tertiary/aromatic N) is 1. The van der Waals surface area contributed by atoms with E-state index in [-0.39, 0.29) is 17.2 Å². The number of Topliss-reactive ketones (excluding diaryl/α,β-unsaturated/α-hetero) is 1. The first-order valence-electron chi connectivity index (χ1n) is 7.97. The van der Waals surface area contributed by atoms with Crippen LogP contribution in [0.15, 0.2) is 51.1 Å². The van der Waals surface area contributed by atoms with E-state index < -0.39 is 10.0 Å². The number of hydrogen-bond acceptors (Lipinski definition) is 6. The number of ketones is 1. The first-order chi connectivity index (χ1) is 12.4. The van der Waals surface area contributed by atoms with Gasteiger partial charge in [0.15, 0.2) is 5.78 Å². The smallest absolute Gasteiger partial charge is 0.240 e. The molecule has 26 heavy (non-hydrogen) atoms. The van der Waals surface area contributed by atoms with E-state index in [0.717, 1.165) is 4.88 Å². The van der Waals surface area contributed by atoms with Crippen LogP contribution in [0.2, 0.25) is 0 Å². The van der Waals surface area contributed by atoms with Crippen molar-refractivity contribution in [3.63, 3.8) is 0 Å². The molecular formula is C18H18N2O4S2. The van der Waals surface area contributed by atoms with Crippen molar-refractivity contribution in [2.45, 2.75) is 25.2 Å². The first-order valence-corrected chi connectivity index (χ1v) is 10.3. The highest BCUT2D eigenvalue weighted by Gasteiger charge is 2.17. The molecule has 0 radical (unpaired) electrons. The minimum Gasteiger partial charge on any atom is -0.440 e. The molecule has 3 aromatic rings. The number of aromatic nitrogens is 1. The number of hydrogen-bond donors (Lipinski definition) is 1. The van der Waals surface area contributed by atoms with Crippen LogP contribution in [0.3, 0.4) is 0 Å². The molecule has 0 unspecified atom stereocenters. The van der Waals surface area contributed by atoms with Crippen LogP contribution in [-0.4, -0.2) is 25.7 Å². The van der Waals surface area contributed by atoms with E-state index >= 15 is 0 Å². The Bertz CT molecular complexity index is 1020. The summed E-state index contributed by atoms with van der Waals surface area (Å²) in [6.07, 6.45) is 0.409. The quantitative estimate of drug-likeness (QED) is 0.624. The van der Waals surface area contributed by atoms with Gasteiger partial charge in [-0.05, 0) is 37.4 Å². The maximum absolute atomic E-state index is 12.4. The largest absolute Gasteiger partial charge is 0.440 e. The lowest BCUT2D eigenvalue weighted by molar-refractivity contribution is 0.101. The van der Waals surface area contributed by atoms with Gasteiger partial charge in [0.1, 0.15) is 5.76 Å². The van der Waals surface area contributed by atoms with Gasteiger partial charge in [0, 0.05) is 18.5 Å². The summed E-state index contributed by atoms with van der Waals surface area (Å²) in [5, 5.41) is 1.94. The number of carbonyl (C=O) groups is 1. The Morgan fingerprint density at radius 2 is 2.08 bits per heavy atom. The van der Waals surface area contributed by atoms with Crippen molar-refractivity contribution in [2.75, 3.05) is 6.54 Å². The number of sulfonamides is 1. The second kappa shape index (κ2) is 7.53. The Morgan fingerprint density at radius 3 is 2.77 bits per heavy atom. The first kappa shape index (κ1) is 18.5. The van der Waals surface area contributed by atoms with Crippen molar-refractivity contribution in [3.05, 3.63) is 58.8 Å². The van der Waals surface area contributed by atoms with Gasteiger partial charge in [-0.15, -0.1) is 11.3 Å². The molecule has 8 heteroatoms. The lowest BCUT2D eigenvalue weighted by Gasteiger charge is -2.07. The third-order valence-corrected chi connectivity index (χ3v) is 6.15. The molecule has 1 aromatic carbocycles. The van der Waals surface area contributed by atoms with E-state index in [9.17, 15) is 13.2 Å². The topological polar surface area (TPSA) is 89.3 Å². The number of benzene rings is 1. The summed E-state index contributed by atoms with van der Waals surface area (Å²) in [5.74, 6) is 1.04. The summed E-state index contributed by atoms with van der Waals surface area (Å²) in [4.78, 5) is 16.9. The van der Waals surface area contributed by atoms with E-state index in [1.807, 2.05) is 24.4 Å². The predicted molar refractivity (Wildman–Crippen MR) is 99.9 cm³/mol. The summed E-state index contributed by atoms with van der Waals surface area (Å²) in [7, 11) is -3.69. The molecule has 136 valence electrons. The molecule has 0 saturated carbocycles. The number of thiophene rings is 1. The highest BCUT2D eigenvalue weighted by molar-refractivity contribution is 7.89. The average Bonchev–Trinajstić information content (AvgIpc) is 3.25. The summed E-state index contributed by atoms with van der Waals surface area (Å²) in [6.45, 7) is 3.39. The number of rotatable bonds is 7. The Labute approximate surface area is 155 Å². The lowest BCUT2D eigenvalue weighted by atomic mass is 10.2. The van der Waals surface area contributed by atoms with Crippen molar-refractivity contribution in [1.29, 1.82) is 0 Å². The molecule has 0 aliphatic heterocycles. The van der Waals surface area contributed by atoms with Gasteiger partial charge < -0.3 is 4.42 Å².